The number of hydrogen-bond acceptors (Lipinski definition) is 1. The molecule has 168 valence electrons. The van der Waals surface area contributed by atoms with E-state index in [1.165, 1.54) is 48.3 Å². The van der Waals surface area contributed by atoms with Crippen LogP contribution >= 0.6 is 7.81 Å². The third-order valence-electron chi connectivity index (χ3n) is 4.38. The summed E-state index contributed by atoms with van der Waals surface area (Å²) < 4.78 is 61.1. The van der Waals surface area contributed by atoms with Crippen LogP contribution in [0.4, 0.5) is 25.2 Å². The average molecular weight is 453 g/mol. The van der Waals surface area contributed by atoms with Gasteiger partial charge in [-0.15, -0.1) is 0 Å². The van der Waals surface area contributed by atoms with Crippen LogP contribution < -0.4 is 9.57 Å². The minimum absolute atomic E-state index is 0.777. The van der Waals surface area contributed by atoms with Gasteiger partial charge in [0.1, 0.15) is 0 Å². The zero-order valence-electron chi connectivity index (χ0n) is 16.7. The van der Waals surface area contributed by atoms with Crippen LogP contribution in [0.1, 0.15) is 45.4 Å². The molecule has 1 aromatic heterocycles. The SMILES string of the molecule is CCCCCCCCO[n+]1cc2ccccc2c2ccccc21.F[P-](F)(F)(F)(F)F. The van der Waals surface area contributed by atoms with Crippen LogP contribution in [0.3, 0.4) is 0 Å². The predicted octanol–water partition coefficient (Wildman–Crippen LogP) is 8.45. The van der Waals surface area contributed by atoms with Gasteiger partial charge in [0, 0.05) is 16.2 Å². The zero-order chi connectivity index (χ0) is 22.3. The van der Waals surface area contributed by atoms with Gasteiger partial charge in [0.05, 0.1) is 10.8 Å². The topological polar surface area (TPSA) is 13.1 Å². The van der Waals surface area contributed by atoms with Gasteiger partial charge in [-0.2, -0.15) is 0 Å². The fourth-order valence-electron chi connectivity index (χ4n) is 3.10. The summed E-state index contributed by atoms with van der Waals surface area (Å²) in [4.78, 5) is 6.05. The first-order valence-corrected chi connectivity index (χ1v) is 11.9. The van der Waals surface area contributed by atoms with Gasteiger partial charge in [-0.05, 0) is 25.0 Å². The van der Waals surface area contributed by atoms with Crippen molar-refractivity contribution in [2.45, 2.75) is 45.4 Å². The standard InChI is InChI=1S/C21H26NO.F6P/c1-2-3-4-5-6-11-16-23-22-17-18-12-7-8-13-19(18)20-14-9-10-15-21(20)22;1-7(2,3,4,5)6/h7-10,12-15,17H,2-6,11,16H2,1H3;/q+1;-1. The molecular weight excluding hydrogens is 427 g/mol. The summed E-state index contributed by atoms with van der Waals surface area (Å²) in [6.45, 7) is 3.03. The second-order valence-corrected chi connectivity index (χ2v) is 9.04. The molecule has 0 aliphatic heterocycles. The molecule has 3 rings (SSSR count). The molecule has 2 aromatic carbocycles. The van der Waals surface area contributed by atoms with Crippen LogP contribution in [0.15, 0.2) is 54.7 Å². The van der Waals surface area contributed by atoms with E-state index < -0.39 is 7.81 Å². The van der Waals surface area contributed by atoms with E-state index in [0.717, 1.165) is 18.5 Å². The number of aromatic nitrogens is 1. The van der Waals surface area contributed by atoms with Gasteiger partial charge in [0.15, 0.2) is 6.61 Å². The van der Waals surface area contributed by atoms with E-state index in [1.807, 2.05) is 4.73 Å². The summed E-state index contributed by atoms with van der Waals surface area (Å²) in [5.74, 6) is 0. The molecule has 0 saturated heterocycles. The van der Waals surface area contributed by atoms with E-state index in [0.29, 0.717) is 0 Å². The monoisotopic (exact) mass is 453 g/mol. The van der Waals surface area contributed by atoms with Crippen molar-refractivity contribution in [3.8, 4) is 0 Å². The number of hydrogen-bond donors (Lipinski definition) is 0. The van der Waals surface area contributed by atoms with Crippen molar-refractivity contribution in [2.75, 3.05) is 6.61 Å². The van der Waals surface area contributed by atoms with Crippen LogP contribution in [0, 0.1) is 0 Å². The summed E-state index contributed by atoms with van der Waals surface area (Å²) in [5, 5.41) is 3.74. The Morgan fingerprint density at radius 3 is 1.93 bits per heavy atom. The van der Waals surface area contributed by atoms with E-state index >= 15 is 0 Å². The molecule has 30 heavy (non-hydrogen) atoms. The first kappa shape index (κ1) is 24.2. The molecule has 0 aliphatic carbocycles. The van der Waals surface area contributed by atoms with Crippen molar-refractivity contribution >= 4 is 29.5 Å². The second kappa shape index (κ2) is 8.96. The van der Waals surface area contributed by atoms with E-state index in [2.05, 4.69) is 61.7 Å². The number of unbranched alkanes of at least 4 members (excludes halogenated alkanes) is 5. The number of benzene rings is 2. The molecule has 1 heterocycles. The Kier molecular flexibility index (Phi) is 7.23. The molecule has 0 aliphatic rings. The molecule has 0 atom stereocenters. The van der Waals surface area contributed by atoms with Gasteiger partial charge < -0.3 is 0 Å². The number of rotatable bonds is 8. The van der Waals surface area contributed by atoms with Crippen molar-refractivity contribution in [1.29, 1.82) is 0 Å². The molecule has 3 aromatic rings. The predicted molar refractivity (Wildman–Crippen MR) is 110 cm³/mol. The molecule has 0 saturated carbocycles. The Balaban J connectivity index is 0.000000396. The van der Waals surface area contributed by atoms with Crippen LogP contribution in [-0.2, 0) is 0 Å². The van der Waals surface area contributed by atoms with Gasteiger partial charge >= 0.3 is 33.0 Å². The molecule has 0 amide bonds. The second-order valence-electron chi connectivity index (χ2n) is 7.12. The van der Waals surface area contributed by atoms with Crippen molar-refractivity contribution in [1.82, 2.24) is 0 Å². The molecule has 0 unspecified atom stereocenters. The minimum atomic E-state index is -10.7. The number of nitrogens with zero attached hydrogens (tertiary/aromatic N) is 1. The van der Waals surface area contributed by atoms with Gasteiger partial charge in [-0.1, -0.05) is 62.9 Å². The van der Waals surface area contributed by atoms with Crippen molar-refractivity contribution < 1.29 is 34.7 Å². The quantitative estimate of drug-likeness (QED) is 0.110. The van der Waals surface area contributed by atoms with Gasteiger partial charge in [0.2, 0.25) is 6.20 Å². The van der Waals surface area contributed by atoms with Crippen LogP contribution in [0.5, 0.6) is 0 Å². The normalized spacial score (nSPS) is 14.0. The number of fused-ring (bicyclic) bond motifs is 3. The fourth-order valence-corrected chi connectivity index (χ4v) is 3.10. The van der Waals surface area contributed by atoms with Gasteiger partial charge in [-0.25, -0.2) is 0 Å². The molecule has 0 N–H and O–H groups in total. The maximum atomic E-state index is 9.87. The van der Waals surface area contributed by atoms with E-state index in [1.54, 1.807) is 0 Å². The molecule has 9 heteroatoms. The average Bonchev–Trinajstić information content (AvgIpc) is 2.65. The molecule has 2 nitrogen and oxygen atoms in total. The molecule has 0 fully saturated rings. The molecule has 0 spiro atoms. The van der Waals surface area contributed by atoms with E-state index in [4.69, 9.17) is 4.84 Å². The molecular formula is C21H26F6NOP. The first-order valence-electron chi connectivity index (χ1n) is 9.87. The Labute approximate surface area is 171 Å². The van der Waals surface area contributed by atoms with Crippen molar-refractivity contribution in [3.63, 3.8) is 0 Å². The van der Waals surface area contributed by atoms with Crippen LogP contribution in [0.25, 0.3) is 21.7 Å². The fraction of sp³-hybridized carbons (Fsp3) is 0.381. The number of halogens is 6. The third kappa shape index (κ3) is 9.61. The first-order chi connectivity index (χ1) is 13.8. The Bertz CT molecular complexity index is 965. The zero-order valence-corrected chi connectivity index (χ0v) is 17.6. The number of pyridine rings is 1. The Morgan fingerprint density at radius 2 is 1.27 bits per heavy atom. The maximum absolute atomic E-state index is 10.7. The molecule has 0 radical (unpaired) electrons. The van der Waals surface area contributed by atoms with Gasteiger partial charge in [-0.3, -0.25) is 4.84 Å². The van der Waals surface area contributed by atoms with Crippen molar-refractivity contribution in [3.05, 3.63) is 54.7 Å². The summed E-state index contributed by atoms with van der Waals surface area (Å²) in [6.07, 6.45) is 9.81. The van der Waals surface area contributed by atoms with Gasteiger partial charge in [0.25, 0.3) is 5.52 Å². The Hall–Kier alpha value is -2.08. The summed E-state index contributed by atoms with van der Waals surface area (Å²) in [7, 11) is -10.7. The third-order valence-corrected chi connectivity index (χ3v) is 4.38. The molecule has 0 bridgehead atoms. The van der Waals surface area contributed by atoms with E-state index in [-0.39, 0.29) is 0 Å². The summed E-state index contributed by atoms with van der Waals surface area (Å²) in [6, 6.07) is 17.0. The number of para-hydroxylation sites is 1. The summed E-state index contributed by atoms with van der Waals surface area (Å²) in [5.41, 5.74) is 1.14. The van der Waals surface area contributed by atoms with Crippen molar-refractivity contribution in [2.24, 2.45) is 0 Å². The van der Waals surface area contributed by atoms with E-state index in [9.17, 15) is 25.2 Å². The summed E-state index contributed by atoms with van der Waals surface area (Å²) >= 11 is 0. The van der Waals surface area contributed by atoms with Crippen LogP contribution in [-0.4, -0.2) is 6.61 Å². The Morgan fingerprint density at radius 1 is 0.733 bits per heavy atom. The van der Waals surface area contributed by atoms with Crippen LogP contribution in [0.2, 0.25) is 0 Å².